The van der Waals surface area contributed by atoms with E-state index in [1.807, 2.05) is 35.9 Å². The molecule has 0 fully saturated rings. The molecular formula is C21H22N2O3S2. The van der Waals surface area contributed by atoms with Crippen LogP contribution in [0.1, 0.15) is 21.5 Å². The first kappa shape index (κ1) is 20.1. The molecule has 0 N–H and O–H groups in total. The highest BCUT2D eigenvalue weighted by atomic mass is 32.2. The maximum atomic E-state index is 13.0. The second kappa shape index (κ2) is 8.16. The van der Waals surface area contributed by atoms with E-state index in [4.69, 9.17) is 0 Å². The van der Waals surface area contributed by atoms with Crippen LogP contribution in [-0.2, 0) is 16.6 Å². The quantitative estimate of drug-likeness (QED) is 0.609. The molecule has 0 saturated carbocycles. The van der Waals surface area contributed by atoms with Crippen LogP contribution in [-0.4, -0.2) is 33.3 Å². The Morgan fingerprint density at radius 1 is 1.04 bits per heavy atom. The Hall–Kier alpha value is -2.64. The van der Waals surface area contributed by atoms with Crippen molar-refractivity contribution in [1.29, 1.82) is 0 Å². The highest BCUT2D eigenvalue weighted by Gasteiger charge is 2.23. The fourth-order valence-corrected chi connectivity index (χ4v) is 4.69. The summed E-state index contributed by atoms with van der Waals surface area (Å²) in [6, 6.07) is 15.4. The molecule has 146 valence electrons. The van der Waals surface area contributed by atoms with Gasteiger partial charge >= 0.3 is 0 Å². The summed E-state index contributed by atoms with van der Waals surface area (Å²) in [5, 5.41) is 3.95. The number of amides is 1. The predicted molar refractivity (Wildman–Crippen MR) is 113 cm³/mol. The van der Waals surface area contributed by atoms with Crippen molar-refractivity contribution in [2.75, 3.05) is 18.4 Å². The maximum absolute atomic E-state index is 13.0. The molecule has 0 atom stereocenters. The summed E-state index contributed by atoms with van der Waals surface area (Å²) >= 11 is 1.57. The third kappa shape index (κ3) is 4.26. The predicted octanol–water partition coefficient (Wildman–Crippen LogP) is 4.15. The van der Waals surface area contributed by atoms with E-state index in [2.05, 4.69) is 0 Å². The molecule has 7 heteroatoms. The van der Waals surface area contributed by atoms with Crippen molar-refractivity contribution in [1.82, 2.24) is 4.90 Å². The zero-order valence-corrected chi connectivity index (χ0v) is 17.6. The van der Waals surface area contributed by atoms with E-state index in [0.29, 0.717) is 17.8 Å². The average Bonchev–Trinajstić information content (AvgIpc) is 3.20. The van der Waals surface area contributed by atoms with Crippen molar-refractivity contribution in [3.8, 4) is 0 Å². The minimum atomic E-state index is -3.77. The molecule has 28 heavy (non-hydrogen) atoms. The normalized spacial score (nSPS) is 11.2. The second-order valence-corrected chi connectivity index (χ2v) is 9.38. The van der Waals surface area contributed by atoms with E-state index in [0.717, 1.165) is 11.1 Å². The van der Waals surface area contributed by atoms with Crippen LogP contribution < -0.4 is 4.31 Å². The molecule has 0 bridgehead atoms. The fraction of sp³-hybridized carbons (Fsp3) is 0.190. The summed E-state index contributed by atoms with van der Waals surface area (Å²) in [5.41, 5.74) is 3.01. The number of hydrogen-bond donors (Lipinski definition) is 0. The number of thiophene rings is 1. The molecule has 3 rings (SSSR count). The van der Waals surface area contributed by atoms with Crippen LogP contribution in [0.2, 0.25) is 0 Å². The first-order chi connectivity index (χ1) is 13.3. The molecule has 0 aliphatic rings. The number of sulfonamides is 1. The lowest BCUT2D eigenvalue weighted by Gasteiger charge is -2.21. The molecule has 0 spiro atoms. The van der Waals surface area contributed by atoms with Gasteiger partial charge in [0.2, 0.25) is 0 Å². The first-order valence-electron chi connectivity index (χ1n) is 8.71. The molecule has 0 saturated heterocycles. The summed E-state index contributed by atoms with van der Waals surface area (Å²) in [7, 11) is -0.553. The lowest BCUT2D eigenvalue weighted by atomic mass is 10.2. The van der Waals surface area contributed by atoms with E-state index < -0.39 is 10.0 Å². The Balaban J connectivity index is 1.85. The topological polar surface area (TPSA) is 57.7 Å². The van der Waals surface area contributed by atoms with Gasteiger partial charge in [-0.25, -0.2) is 8.42 Å². The largest absolute Gasteiger partial charge is 0.337 e. The molecule has 0 radical (unpaired) electrons. The third-order valence-corrected chi connectivity index (χ3v) is 7.00. The van der Waals surface area contributed by atoms with Crippen molar-refractivity contribution in [3.63, 3.8) is 0 Å². The van der Waals surface area contributed by atoms with Gasteiger partial charge in [-0.05, 0) is 59.6 Å². The smallest absolute Gasteiger partial charge is 0.264 e. The third-order valence-electron chi connectivity index (χ3n) is 4.48. The van der Waals surface area contributed by atoms with Crippen molar-refractivity contribution in [2.24, 2.45) is 0 Å². The fourth-order valence-electron chi connectivity index (χ4n) is 2.79. The Kier molecular flexibility index (Phi) is 5.86. The number of aryl methyl sites for hydroxylation is 1. The van der Waals surface area contributed by atoms with Crippen LogP contribution in [0.5, 0.6) is 0 Å². The number of carbonyl (C=O) groups excluding carboxylic acids is 1. The van der Waals surface area contributed by atoms with Gasteiger partial charge in [0.25, 0.3) is 15.9 Å². The van der Waals surface area contributed by atoms with Crippen molar-refractivity contribution < 1.29 is 13.2 Å². The lowest BCUT2D eigenvalue weighted by molar-refractivity contribution is 0.0785. The van der Waals surface area contributed by atoms with Gasteiger partial charge in [0.05, 0.1) is 10.6 Å². The van der Waals surface area contributed by atoms with Crippen LogP contribution in [0.4, 0.5) is 5.69 Å². The number of anilines is 1. The summed E-state index contributed by atoms with van der Waals surface area (Å²) in [4.78, 5) is 14.4. The van der Waals surface area contributed by atoms with Crippen molar-refractivity contribution >= 4 is 33.0 Å². The lowest BCUT2D eigenvalue weighted by Crippen LogP contribution is -2.28. The Morgan fingerprint density at radius 3 is 2.39 bits per heavy atom. The van der Waals surface area contributed by atoms with Gasteiger partial charge in [0.15, 0.2) is 0 Å². The first-order valence-corrected chi connectivity index (χ1v) is 11.1. The Morgan fingerprint density at radius 2 is 1.75 bits per heavy atom. The van der Waals surface area contributed by atoms with Crippen LogP contribution in [0.3, 0.4) is 0 Å². The van der Waals surface area contributed by atoms with E-state index in [1.54, 1.807) is 47.5 Å². The van der Waals surface area contributed by atoms with Gasteiger partial charge < -0.3 is 4.90 Å². The Bertz CT molecular complexity index is 1060. The van der Waals surface area contributed by atoms with Crippen LogP contribution in [0.25, 0.3) is 0 Å². The van der Waals surface area contributed by atoms with E-state index >= 15 is 0 Å². The standard InChI is InChI=1S/C21H22N2O3S2/c1-16-7-9-19(10-8-16)23(3)28(25,26)20-6-4-5-18(13-20)21(24)22(2)14-17-11-12-27-15-17/h4-13,15H,14H2,1-3H3. The van der Waals surface area contributed by atoms with Gasteiger partial charge in [-0.15, -0.1) is 0 Å². The minimum Gasteiger partial charge on any atom is -0.337 e. The van der Waals surface area contributed by atoms with Crippen molar-refractivity contribution in [2.45, 2.75) is 18.4 Å². The molecule has 1 aromatic heterocycles. The van der Waals surface area contributed by atoms with Crippen LogP contribution in [0, 0.1) is 6.92 Å². The van der Waals surface area contributed by atoms with E-state index in [-0.39, 0.29) is 10.8 Å². The molecule has 2 aromatic carbocycles. The molecule has 1 heterocycles. The number of rotatable bonds is 6. The Labute approximate surface area is 169 Å². The molecule has 0 aliphatic carbocycles. The average molecular weight is 415 g/mol. The highest BCUT2D eigenvalue weighted by molar-refractivity contribution is 7.92. The summed E-state index contributed by atoms with van der Waals surface area (Å²) in [5.74, 6) is -0.221. The molecule has 0 unspecified atom stereocenters. The number of carbonyl (C=O) groups is 1. The van der Waals surface area contributed by atoms with Gasteiger partial charge in [-0.3, -0.25) is 9.10 Å². The number of hydrogen-bond acceptors (Lipinski definition) is 4. The van der Waals surface area contributed by atoms with Crippen LogP contribution >= 0.6 is 11.3 Å². The second-order valence-electron chi connectivity index (χ2n) is 6.63. The molecule has 3 aromatic rings. The SMILES string of the molecule is Cc1ccc(N(C)S(=O)(=O)c2cccc(C(=O)N(C)Cc3ccsc3)c2)cc1. The monoisotopic (exact) mass is 414 g/mol. The zero-order chi connectivity index (χ0) is 20.3. The summed E-state index contributed by atoms with van der Waals surface area (Å²) in [6.07, 6.45) is 0. The summed E-state index contributed by atoms with van der Waals surface area (Å²) < 4.78 is 27.3. The van der Waals surface area contributed by atoms with Gasteiger partial charge in [-0.1, -0.05) is 23.8 Å². The number of nitrogens with zero attached hydrogens (tertiary/aromatic N) is 2. The van der Waals surface area contributed by atoms with Gasteiger partial charge in [-0.2, -0.15) is 11.3 Å². The van der Waals surface area contributed by atoms with E-state index in [1.165, 1.54) is 23.5 Å². The molecule has 5 nitrogen and oxygen atoms in total. The highest BCUT2D eigenvalue weighted by Crippen LogP contribution is 2.23. The van der Waals surface area contributed by atoms with Gasteiger partial charge in [0.1, 0.15) is 0 Å². The molecular weight excluding hydrogens is 392 g/mol. The van der Waals surface area contributed by atoms with Gasteiger partial charge in [0, 0.05) is 26.2 Å². The minimum absolute atomic E-state index is 0.0883. The zero-order valence-electron chi connectivity index (χ0n) is 16.0. The molecule has 0 aliphatic heterocycles. The van der Waals surface area contributed by atoms with Crippen molar-refractivity contribution in [3.05, 3.63) is 82.0 Å². The maximum Gasteiger partial charge on any atom is 0.264 e. The van der Waals surface area contributed by atoms with Crippen LogP contribution in [0.15, 0.2) is 70.3 Å². The number of benzene rings is 2. The summed E-state index contributed by atoms with van der Waals surface area (Å²) in [6.45, 7) is 2.42. The van der Waals surface area contributed by atoms with E-state index in [9.17, 15) is 13.2 Å². The molecule has 1 amide bonds.